The Kier molecular flexibility index (Phi) is 4.23. The fourth-order valence-electron chi connectivity index (χ4n) is 4.01. The summed E-state index contributed by atoms with van der Waals surface area (Å²) >= 11 is 1.99. The summed E-state index contributed by atoms with van der Waals surface area (Å²) in [5.41, 5.74) is 0.924. The van der Waals surface area contributed by atoms with Crippen molar-refractivity contribution in [2.45, 2.75) is 37.3 Å². The van der Waals surface area contributed by atoms with Gasteiger partial charge in [0.15, 0.2) is 0 Å². The Labute approximate surface area is 138 Å². The fourth-order valence-corrected chi connectivity index (χ4v) is 4.35. The summed E-state index contributed by atoms with van der Waals surface area (Å²) < 4.78 is 19.5. The summed E-state index contributed by atoms with van der Waals surface area (Å²) in [6.07, 6.45) is 3.02. The van der Waals surface area contributed by atoms with E-state index in [9.17, 15) is 9.18 Å². The van der Waals surface area contributed by atoms with E-state index < -0.39 is 0 Å². The number of fused-ring (bicyclic) bond motifs is 2. The van der Waals surface area contributed by atoms with E-state index in [1.807, 2.05) is 28.7 Å². The topological polar surface area (TPSA) is 29.5 Å². The van der Waals surface area contributed by atoms with Crippen molar-refractivity contribution in [1.29, 1.82) is 0 Å². The molecule has 3 rings (SSSR count). The number of carbonyl (C=O) groups excluding carboxylic acids is 1. The van der Waals surface area contributed by atoms with Gasteiger partial charge in [0.05, 0.1) is 13.0 Å². The first kappa shape index (κ1) is 15.2. The third kappa shape index (κ3) is 2.59. The van der Waals surface area contributed by atoms with Crippen molar-refractivity contribution >= 4 is 28.6 Å². The average molecular weight is 403 g/mol. The highest BCUT2D eigenvalue weighted by atomic mass is 127. The molecule has 0 aliphatic carbocycles. The summed E-state index contributed by atoms with van der Waals surface area (Å²) in [7, 11) is 3.53. The predicted octanol–water partition coefficient (Wildman–Crippen LogP) is 3.17. The number of nitrogens with zero attached hydrogens (tertiary/aromatic N) is 1. The molecule has 21 heavy (non-hydrogen) atoms. The second kappa shape index (κ2) is 5.83. The first-order chi connectivity index (χ1) is 10.0. The van der Waals surface area contributed by atoms with Gasteiger partial charge in [-0.1, -0.05) is 6.07 Å². The summed E-state index contributed by atoms with van der Waals surface area (Å²) in [6.45, 7) is 0. The highest BCUT2D eigenvalue weighted by Crippen LogP contribution is 2.46. The molecule has 1 aromatic carbocycles. The molecule has 1 aromatic rings. The monoisotopic (exact) mass is 403 g/mol. The van der Waals surface area contributed by atoms with E-state index in [4.69, 9.17) is 4.74 Å². The van der Waals surface area contributed by atoms with Gasteiger partial charge in [-0.2, -0.15) is 0 Å². The van der Waals surface area contributed by atoms with E-state index in [1.54, 1.807) is 12.1 Å². The molecule has 0 unspecified atom stereocenters. The van der Waals surface area contributed by atoms with Crippen molar-refractivity contribution in [3.63, 3.8) is 0 Å². The van der Waals surface area contributed by atoms with Crippen LogP contribution in [0.1, 0.15) is 30.7 Å². The first-order valence-electron chi connectivity index (χ1n) is 7.27. The van der Waals surface area contributed by atoms with Crippen LogP contribution < -0.4 is 0 Å². The molecule has 0 amide bonds. The summed E-state index contributed by atoms with van der Waals surface area (Å²) in [6, 6.07) is 6.04. The lowest BCUT2D eigenvalue weighted by atomic mass is 9.76. The largest absolute Gasteiger partial charge is 0.469 e. The summed E-state index contributed by atoms with van der Waals surface area (Å²) in [4.78, 5) is 14.6. The molecule has 5 heteroatoms. The molecule has 3 nitrogen and oxygen atoms in total. The number of ether oxygens (including phenoxy) is 1. The van der Waals surface area contributed by atoms with Gasteiger partial charge in [-0.05, 0) is 66.6 Å². The van der Waals surface area contributed by atoms with Crippen LogP contribution in [-0.4, -0.2) is 37.1 Å². The van der Waals surface area contributed by atoms with Crippen molar-refractivity contribution < 1.29 is 13.9 Å². The van der Waals surface area contributed by atoms with E-state index >= 15 is 0 Å². The van der Waals surface area contributed by atoms with Crippen molar-refractivity contribution in [3.8, 4) is 0 Å². The maximum Gasteiger partial charge on any atom is 0.310 e. The molecule has 0 N–H and O–H groups in total. The molecule has 2 bridgehead atoms. The van der Waals surface area contributed by atoms with Crippen LogP contribution in [0.5, 0.6) is 0 Å². The zero-order valence-electron chi connectivity index (χ0n) is 12.2. The Bertz CT molecular complexity index is 565. The van der Waals surface area contributed by atoms with Crippen LogP contribution in [-0.2, 0) is 9.53 Å². The molecule has 2 heterocycles. The van der Waals surface area contributed by atoms with Crippen molar-refractivity contribution in [1.82, 2.24) is 4.90 Å². The molecule has 0 radical (unpaired) electrons. The third-order valence-electron chi connectivity index (χ3n) is 5.11. The van der Waals surface area contributed by atoms with Gasteiger partial charge in [-0.15, -0.1) is 0 Å². The first-order valence-corrected chi connectivity index (χ1v) is 8.35. The van der Waals surface area contributed by atoms with E-state index in [0.717, 1.165) is 24.8 Å². The van der Waals surface area contributed by atoms with Gasteiger partial charge in [0.2, 0.25) is 0 Å². The van der Waals surface area contributed by atoms with E-state index in [0.29, 0.717) is 9.61 Å². The van der Waals surface area contributed by atoms with Gasteiger partial charge in [-0.25, -0.2) is 4.39 Å². The molecule has 2 aliphatic rings. The third-order valence-corrected chi connectivity index (χ3v) is 5.99. The minimum Gasteiger partial charge on any atom is -0.469 e. The number of benzene rings is 1. The van der Waals surface area contributed by atoms with Gasteiger partial charge in [-0.3, -0.25) is 9.69 Å². The smallest absolute Gasteiger partial charge is 0.310 e. The standard InChI is InChI=1S/C16H19FINO2/c1-19-10-4-6-14(19)15(16(20)21-2)11(8-10)9-3-5-13(18)12(17)7-9/h3,5,7,10-11,14-15H,4,6,8H2,1-2H3/t10-,11+,14+,15-/m0/s1. The molecule has 0 spiro atoms. The van der Waals surface area contributed by atoms with Crippen LogP contribution in [0.2, 0.25) is 0 Å². The van der Waals surface area contributed by atoms with Crippen LogP contribution in [0, 0.1) is 15.3 Å². The highest BCUT2D eigenvalue weighted by molar-refractivity contribution is 14.1. The molecule has 2 saturated heterocycles. The lowest BCUT2D eigenvalue weighted by Gasteiger charge is -2.41. The molecule has 0 saturated carbocycles. The van der Waals surface area contributed by atoms with Gasteiger partial charge >= 0.3 is 5.97 Å². The number of piperidine rings is 1. The number of halogens is 2. The highest BCUT2D eigenvalue weighted by Gasteiger charge is 2.49. The Morgan fingerprint density at radius 3 is 2.86 bits per heavy atom. The van der Waals surface area contributed by atoms with Crippen molar-refractivity contribution in [2.75, 3.05) is 14.2 Å². The quantitative estimate of drug-likeness (QED) is 0.562. The SMILES string of the molecule is COC(=O)[C@H]1[C@@H](c2ccc(I)c(F)c2)C[C@@H]2CC[C@H]1N2C. The molecule has 2 fully saturated rings. The number of rotatable bonds is 2. The predicted molar refractivity (Wildman–Crippen MR) is 86.6 cm³/mol. The molecular formula is C16H19FINO2. The van der Waals surface area contributed by atoms with Crippen LogP contribution in [0.3, 0.4) is 0 Å². The lowest BCUT2D eigenvalue weighted by molar-refractivity contribution is -0.150. The Morgan fingerprint density at radius 1 is 1.43 bits per heavy atom. The number of hydrogen-bond donors (Lipinski definition) is 0. The maximum absolute atomic E-state index is 13.9. The maximum atomic E-state index is 13.9. The molecule has 4 atom stereocenters. The van der Waals surface area contributed by atoms with Crippen LogP contribution in [0.25, 0.3) is 0 Å². The van der Waals surface area contributed by atoms with Gasteiger partial charge < -0.3 is 4.74 Å². The van der Waals surface area contributed by atoms with Crippen molar-refractivity contribution in [2.24, 2.45) is 5.92 Å². The lowest BCUT2D eigenvalue weighted by Crippen LogP contribution is -2.49. The van der Waals surface area contributed by atoms with Crippen LogP contribution in [0.15, 0.2) is 18.2 Å². The molecular weight excluding hydrogens is 384 g/mol. The fraction of sp³-hybridized carbons (Fsp3) is 0.562. The molecule has 2 aliphatic heterocycles. The van der Waals surface area contributed by atoms with E-state index in [2.05, 4.69) is 11.9 Å². The zero-order valence-corrected chi connectivity index (χ0v) is 14.3. The van der Waals surface area contributed by atoms with E-state index in [1.165, 1.54) is 7.11 Å². The van der Waals surface area contributed by atoms with E-state index in [-0.39, 0.29) is 29.7 Å². The summed E-state index contributed by atoms with van der Waals surface area (Å²) in [5, 5.41) is 0. The van der Waals surface area contributed by atoms with Crippen molar-refractivity contribution in [3.05, 3.63) is 33.1 Å². The number of methoxy groups -OCH3 is 1. The number of carbonyl (C=O) groups is 1. The second-order valence-corrected chi connectivity index (χ2v) is 7.19. The van der Waals surface area contributed by atoms with Gasteiger partial charge in [0.25, 0.3) is 0 Å². The normalized spacial score (nSPS) is 32.2. The van der Waals surface area contributed by atoms with Crippen LogP contribution >= 0.6 is 22.6 Å². The van der Waals surface area contributed by atoms with Gasteiger partial charge in [0, 0.05) is 21.6 Å². The Morgan fingerprint density at radius 2 is 2.19 bits per heavy atom. The molecule has 114 valence electrons. The molecule has 0 aromatic heterocycles. The van der Waals surface area contributed by atoms with Crippen LogP contribution in [0.4, 0.5) is 4.39 Å². The minimum atomic E-state index is -0.206. The Balaban J connectivity index is 1.98. The zero-order chi connectivity index (χ0) is 15.1. The Hall–Kier alpha value is -0.690. The summed E-state index contributed by atoms with van der Waals surface area (Å²) in [5.74, 6) is -0.519. The second-order valence-electron chi connectivity index (χ2n) is 6.03. The average Bonchev–Trinajstić information content (AvgIpc) is 2.72. The van der Waals surface area contributed by atoms with Gasteiger partial charge in [0.1, 0.15) is 5.82 Å². The minimum absolute atomic E-state index is 0.0534. The number of hydrogen-bond acceptors (Lipinski definition) is 3. The number of esters is 1.